The molecule has 0 amide bonds. The molecule has 5 saturated carbocycles. The van der Waals surface area contributed by atoms with Gasteiger partial charge in [0.2, 0.25) is 0 Å². The zero-order valence-corrected chi connectivity index (χ0v) is 32.7. The average molecular weight is 707 g/mol. The Hall–Kier alpha value is -2.22. The molecule has 0 N–H and O–H groups in total. The summed E-state index contributed by atoms with van der Waals surface area (Å²) >= 11 is 0. The molecule has 5 fully saturated rings. The van der Waals surface area contributed by atoms with Gasteiger partial charge in [0.05, 0.1) is 31.8 Å². The third-order valence-electron chi connectivity index (χ3n) is 15.9. The summed E-state index contributed by atoms with van der Waals surface area (Å²) in [7, 11) is 1.64. The van der Waals surface area contributed by atoms with Crippen LogP contribution in [0.15, 0.2) is 42.5 Å². The Balaban J connectivity index is 1.17. The van der Waals surface area contributed by atoms with Crippen molar-refractivity contribution in [1.82, 2.24) is 0 Å². The highest BCUT2D eigenvalue weighted by Crippen LogP contribution is 2.77. The molecule has 51 heavy (non-hydrogen) atoms. The van der Waals surface area contributed by atoms with Crippen LogP contribution in [-0.2, 0) is 39.9 Å². The topological polar surface area (TPSA) is 80.3 Å². The summed E-state index contributed by atoms with van der Waals surface area (Å²) in [5.41, 5.74) is 2.20. The second-order valence-electron chi connectivity index (χ2n) is 18.4. The number of benzene rings is 1. The van der Waals surface area contributed by atoms with Gasteiger partial charge < -0.3 is 23.7 Å². The van der Waals surface area contributed by atoms with Crippen molar-refractivity contribution < 1.29 is 33.3 Å². The molecule has 1 aromatic rings. The van der Waals surface area contributed by atoms with Crippen molar-refractivity contribution in [3.63, 3.8) is 0 Å². The van der Waals surface area contributed by atoms with Gasteiger partial charge in [0.1, 0.15) is 19.3 Å². The molecule has 6 rings (SSSR count). The summed E-state index contributed by atoms with van der Waals surface area (Å²) < 4.78 is 28.5. The SMILES string of the molecule is C=C(C)[C@@H]1CC[C@]2(C(=O)OCc3ccccc3)CC[C@]3(C)C(CCC4[C@@]5(C)CC[C@H](OC(=O)COCCOCCOC)C(C)(C)C5CC[C@]43C)C12. The van der Waals surface area contributed by atoms with Crippen molar-refractivity contribution in [1.29, 1.82) is 0 Å². The van der Waals surface area contributed by atoms with E-state index < -0.39 is 5.41 Å². The maximum absolute atomic E-state index is 14.3. The lowest BCUT2D eigenvalue weighted by Gasteiger charge is -2.72. The molecule has 0 spiro atoms. The van der Waals surface area contributed by atoms with Crippen LogP contribution in [0.25, 0.3) is 0 Å². The van der Waals surface area contributed by atoms with Crippen molar-refractivity contribution >= 4 is 11.9 Å². The smallest absolute Gasteiger partial charge is 0.332 e. The molecule has 0 aliphatic heterocycles. The van der Waals surface area contributed by atoms with Gasteiger partial charge in [0, 0.05) is 12.5 Å². The lowest BCUT2D eigenvalue weighted by atomic mass is 9.32. The Labute approximate surface area is 307 Å². The van der Waals surface area contributed by atoms with Crippen LogP contribution in [0, 0.1) is 56.7 Å². The van der Waals surface area contributed by atoms with Gasteiger partial charge in [-0.15, -0.1) is 0 Å². The second kappa shape index (κ2) is 14.9. The normalized spacial score (nSPS) is 39.5. The fourth-order valence-corrected chi connectivity index (χ4v) is 13.3. The molecule has 4 unspecified atom stereocenters. The number of methoxy groups -OCH3 is 1. The van der Waals surface area contributed by atoms with Crippen LogP contribution >= 0.6 is 0 Å². The quantitative estimate of drug-likeness (QED) is 0.115. The number of rotatable bonds is 13. The van der Waals surface area contributed by atoms with Gasteiger partial charge >= 0.3 is 11.9 Å². The molecule has 5 aliphatic rings. The summed E-state index contributed by atoms with van der Waals surface area (Å²) in [6, 6.07) is 10.1. The third-order valence-corrected chi connectivity index (χ3v) is 15.9. The number of allylic oxidation sites excluding steroid dienone is 1. The molecule has 0 saturated heterocycles. The summed E-state index contributed by atoms with van der Waals surface area (Å²) in [4.78, 5) is 27.3. The molecule has 7 nitrogen and oxygen atoms in total. The van der Waals surface area contributed by atoms with E-state index in [0.29, 0.717) is 56.7 Å². The van der Waals surface area contributed by atoms with E-state index in [1.807, 2.05) is 30.3 Å². The first-order chi connectivity index (χ1) is 24.2. The fourth-order valence-electron chi connectivity index (χ4n) is 13.3. The zero-order valence-electron chi connectivity index (χ0n) is 32.7. The Morgan fingerprint density at radius 1 is 0.784 bits per heavy atom. The highest BCUT2D eigenvalue weighted by Gasteiger charge is 2.72. The van der Waals surface area contributed by atoms with Gasteiger partial charge in [-0.2, -0.15) is 0 Å². The number of hydrogen-bond acceptors (Lipinski definition) is 7. The van der Waals surface area contributed by atoms with Crippen LogP contribution in [0.4, 0.5) is 0 Å². The first kappa shape index (κ1) is 38.5. The highest BCUT2D eigenvalue weighted by atomic mass is 16.6. The molecule has 0 aromatic heterocycles. The molecule has 284 valence electrons. The highest BCUT2D eigenvalue weighted by molar-refractivity contribution is 5.78. The van der Waals surface area contributed by atoms with E-state index in [4.69, 9.17) is 23.7 Å². The molecular weight excluding hydrogens is 640 g/mol. The Kier molecular flexibility index (Phi) is 11.2. The van der Waals surface area contributed by atoms with Crippen molar-refractivity contribution in [3.05, 3.63) is 48.0 Å². The maximum atomic E-state index is 14.3. The number of ether oxygens (including phenoxy) is 5. The summed E-state index contributed by atoms with van der Waals surface area (Å²) in [5.74, 6) is 1.92. The van der Waals surface area contributed by atoms with E-state index in [2.05, 4.69) is 48.1 Å². The largest absolute Gasteiger partial charge is 0.460 e. The molecule has 7 heteroatoms. The van der Waals surface area contributed by atoms with Crippen molar-refractivity contribution in [3.8, 4) is 0 Å². The maximum Gasteiger partial charge on any atom is 0.332 e. The zero-order chi connectivity index (χ0) is 36.7. The van der Waals surface area contributed by atoms with Crippen LogP contribution in [0.5, 0.6) is 0 Å². The molecule has 0 radical (unpaired) electrons. The number of hydrogen-bond donors (Lipinski definition) is 0. The molecule has 10 atom stereocenters. The van der Waals surface area contributed by atoms with Gasteiger partial charge in [0.25, 0.3) is 0 Å². The van der Waals surface area contributed by atoms with Crippen LogP contribution in [0.2, 0.25) is 0 Å². The molecule has 5 aliphatic carbocycles. The minimum atomic E-state index is -0.419. The van der Waals surface area contributed by atoms with E-state index in [9.17, 15) is 9.59 Å². The first-order valence-electron chi connectivity index (χ1n) is 19.9. The number of esters is 2. The molecule has 0 heterocycles. The summed E-state index contributed by atoms with van der Waals surface area (Å²) in [6.07, 6.45) is 10.4. The Morgan fingerprint density at radius 2 is 1.51 bits per heavy atom. The Morgan fingerprint density at radius 3 is 2.24 bits per heavy atom. The van der Waals surface area contributed by atoms with E-state index in [1.54, 1.807) is 7.11 Å². The lowest BCUT2D eigenvalue weighted by molar-refractivity contribution is -0.251. The standard InChI is InChI=1S/C44H66O7/c1-30(2)32-16-21-44(39(46)50-28-31-12-10-9-11-13-31)23-22-42(6)33(38(32)44)14-15-35-41(5)19-18-36(40(3,4)34(41)17-20-43(35,42)7)51-37(45)29-49-27-26-48-25-24-47-8/h9-13,32-36,38H,1,14-29H2,2-8H3/t32-,33?,34?,35?,36-,38?,41-,42+,43+,44-/m0/s1. The minimum Gasteiger partial charge on any atom is -0.460 e. The summed E-state index contributed by atoms with van der Waals surface area (Å²) in [6.45, 7) is 21.4. The predicted octanol–water partition coefficient (Wildman–Crippen LogP) is 8.98. The number of carbonyl (C=O) groups is 2. The molecule has 0 bridgehead atoms. The lowest BCUT2D eigenvalue weighted by Crippen LogP contribution is -2.67. The Bertz CT molecular complexity index is 1410. The van der Waals surface area contributed by atoms with Gasteiger partial charge in [-0.3, -0.25) is 4.79 Å². The average Bonchev–Trinajstić information content (AvgIpc) is 3.50. The van der Waals surface area contributed by atoms with Crippen LogP contribution in [-0.4, -0.2) is 58.2 Å². The van der Waals surface area contributed by atoms with E-state index >= 15 is 0 Å². The first-order valence-corrected chi connectivity index (χ1v) is 19.9. The second-order valence-corrected chi connectivity index (χ2v) is 18.4. The third kappa shape index (κ3) is 6.64. The molecular formula is C44H66O7. The monoisotopic (exact) mass is 706 g/mol. The van der Waals surface area contributed by atoms with Crippen molar-refractivity contribution in [2.24, 2.45) is 56.7 Å². The van der Waals surface area contributed by atoms with E-state index in [1.165, 1.54) is 18.4 Å². The summed E-state index contributed by atoms with van der Waals surface area (Å²) in [5, 5.41) is 0. The van der Waals surface area contributed by atoms with Gasteiger partial charge in [-0.05, 0) is 123 Å². The minimum absolute atomic E-state index is 0.0283. The van der Waals surface area contributed by atoms with Crippen molar-refractivity contribution in [2.45, 2.75) is 118 Å². The fraction of sp³-hybridized carbons (Fsp3) is 0.773. The number of fused-ring (bicyclic) bond motifs is 7. The van der Waals surface area contributed by atoms with Gasteiger partial charge in [0.15, 0.2) is 0 Å². The van der Waals surface area contributed by atoms with Crippen LogP contribution in [0.1, 0.15) is 111 Å². The van der Waals surface area contributed by atoms with Gasteiger partial charge in [-0.25, -0.2) is 4.79 Å². The number of carbonyl (C=O) groups excluding carboxylic acids is 2. The molecule has 1 aromatic carbocycles. The predicted molar refractivity (Wildman–Crippen MR) is 199 cm³/mol. The van der Waals surface area contributed by atoms with Gasteiger partial charge in [-0.1, -0.05) is 77.1 Å². The van der Waals surface area contributed by atoms with Crippen LogP contribution in [0.3, 0.4) is 0 Å². The van der Waals surface area contributed by atoms with E-state index in [-0.39, 0.29) is 52.2 Å². The van der Waals surface area contributed by atoms with Crippen molar-refractivity contribution in [2.75, 3.05) is 40.1 Å². The van der Waals surface area contributed by atoms with E-state index in [0.717, 1.165) is 56.9 Å². The van der Waals surface area contributed by atoms with Crippen LogP contribution < -0.4 is 0 Å².